The molecule has 19 heavy (non-hydrogen) atoms. The molecule has 108 valence electrons. The van der Waals surface area contributed by atoms with Crippen LogP contribution in [0.1, 0.15) is 25.8 Å². The van der Waals surface area contributed by atoms with Crippen molar-refractivity contribution in [3.05, 3.63) is 29.6 Å². The zero-order chi connectivity index (χ0) is 14.3. The van der Waals surface area contributed by atoms with E-state index in [-0.39, 0.29) is 5.82 Å². The second-order valence-corrected chi connectivity index (χ2v) is 4.85. The minimum absolute atomic E-state index is 0.271. The minimum atomic E-state index is -0.271. The molecule has 0 heterocycles. The minimum Gasteiger partial charge on any atom is -0.494 e. The van der Waals surface area contributed by atoms with Gasteiger partial charge in [-0.2, -0.15) is 0 Å². The highest BCUT2D eigenvalue weighted by atomic mass is 19.1. The average molecular weight is 268 g/mol. The van der Waals surface area contributed by atoms with E-state index in [2.05, 4.69) is 31.1 Å². The highest BCUT2D eigenvalue weighted by Gasteiger charge is 2.08. The van der Waals surface area contributed by atoms with Gasteiger partial charge in [0.2, 0.25) is 0 Å². The molecule has 0 aliphatic heterocycles. The van der Waals surface area contributed by atoms with Crippen LogP contribution in [0.25, 0.3) is 0 Å². The van der Waals surface area contributed by atoms with Crippen molar-refractivity contribution in [3.8, 4) is 5.75 Å². The third-order valence-corrected chi connectivity index (χ3v) is 3.56. The Morgan fingerprint density at radius 3 is 2.79 bits per heavy atom. The van der Waals surface area contributed by atoms with Crippen LogP contribution in [0.15, 0.2) is 18.2 Å². The van der Waals surface area contributed by atoms with E-state index in [1.165, 1.54) is 7.11 Å². The van der Waals surface area contributed by atoms with E-state index in [0.29, 0.717) is 23.9 Å². The lowest BCUT2D eigenvalue weighted by molar-refractivity contribution is 0.251. The van der Waals surface area contributed by atoms with Gasteiger partial charge in [-0.25, -0.2) is 4.39 Å². The predicted octanol–water partition coefficient (Wildman–Crippen LogP) is 2.65. The molecule has 1 aromatic rings. The number of methoxy groups -OCH3 is 1. The number of nitrogens with zero attached hydrogens (tertiary/aromatic N) is 1. The summed E-state index contributed by atoms with van der Waals surface area (Å²) in [5, 5.41) is 3.27. The summed E-state index contributed by atoms with van der Waals surface area (Å²) in [5.74, 6) is 0.0313. The van der Waals surface area contributed by atoms with Crippen molar-refractivity contribution >= 4 is 0 Å². The average Bonchev–Trinajstić information content (AvgIpc) is 2.43. The molecule has 0 fully saturated rings. The first-order valence-corrected chi connectivity index (χ1v) is 6.82. The molecule has 1 unspecified atom stereocenters. The van der Waals surface area contributed by atoms with E-state index < -0.39 is 0 Å². The molecule has 0 bridgehead atoms. The van der Waals surface area contributed by atoms with Gasteiger partial charge >= 0.3 is 0 Å². The maximum atomic E-state index is 13.9. The standard InChI is InChI=1S/C15H25FN2O/c1-5-12(2)18(3)10-9-17-11-13-7-6-8-14(19-4)15(13)16/h6-8,12,17H,5,9-11H2,1-4H3. The van der Waals surface area contributed by atoms with Gasteiger partial charge in [-0.15, -0.1) is 0 Å². The van der Waals surface area contributed by atoms with Crippen molar-refractivity contribution in [1.29, 1.82) is 0 Å². The summed E-state index contributed by atoms with van der Waals surface area (Å²) >= 11 is 0. The van der Waals surface area contributed by atoms with Crippen LogP contribution < -0.4 is 10.1 Å². The molecular formula is C15H25FN2O. The van der Waals surface area contributed by atoms with Gasteiger partial charge in [-0.05, 0) is 26.5 Å². The van der Waals surface area contributed by atoms with Gasteiger partial charge in [0.25, 0.3) is 0 Å². The van der Waals surface area contributed by atoms with Gasteiger partial charge in [0.15, 0.2) is 11.6 Å². The van der Waals surface area contributed by atoms with E-state index in [1.54, 1.807) is 12.1 Å². The normalized spacial score (nSPS) is 12.7. The molecule has 1 rings (SSSR count). The Hall–Kier alpha value is -1.13. The summed E-state index contributed by atoms with van der Waals surface area (Å²) in [7, 11) is 3.60. The fraction of sp³-hybridized carbons (Fsp3) is 0.600. The van der Waals surface area contributed by atoms with Crippen LogP contribution in [0.3, 0.4) is 0 Å². The number of nitrogens with one attached hydrogen (secondary N) is 1. The number of hydrogen-bond donors (Lipinski definition) is 1. The summed E-state index contributed by atoms with van der Waals surface area (Å²) in [6.45, 7) is 6.72. The Labute approximate surface area is 115 Å². The Morgan fingerprint density at radius 2 is 2.16 bits per heavy atom. The number of benzene rings is 1. The summed E-state index contributed by atoms with van der Waals surface area (Å²) < 4.78 is 18.8. The smallest absolute Gasteiger partial charge is 0.169 e. The monoisotopic (exact) mass is 268 g/mol. The van der Waals surface area contributed by atoms with Crippen molar-refractivity contribution in [2.24, 2.45) is 0 Å². The van der Waals surface area contributed by atoms with E-state index in [0.717, 1.165) is 19.5 Å². The topological polar surface area (TPSA) is 24.5 Å². The van der Waals surface area contributed by atoms with Crippen LogP contribution in [0, 0.1) is 5.82 Å². The number of likely N-dealkylation sites (N-methyl/N-ethyl adjacent to an activating group) is 1. The molecule has 1 aromatic carbocycles. The SMILES string of the molecule is CCC(C)N(C)CCNCc1cccc(OC)c1F. The first kappa shape index (κ1) is 15.9. The van der Waals surface area contributed by atoms with Crippen LogP contribution in [0.2, 0.25) is 0 Å². The first-order valence-electron chi connectivity index (χ1n) is 6.82. The van der Waals surface area contributed by atoms with Crippen LogP contribution in [0.4, 0.5) is 4.39 Å². The van der Waals surface area contributed by atoms with E-state index in [9.17, 15) is 4.39 Å². The van der Waals surface area contributed by atoms with Crippen LogP contribution in [0.5, 0.6) is 5.75 Å². The Kier molecular flexibility index (Phi) is 6.81. The van der Waals surface area contributed by atoms with Gasteiger partial charge in [-0.3, -0.25) is 0 Å². The molecule has 1 N–H and O–H groups in total. The van der Waals surface area contributed by atoms with Crippen molar-refractivity contribution in [1.82, 2.24) is 10.2 Å². The Balaban J connectivity index is 2.38. The summed E-state index contributed by atoms with van der Waals surface area (Å²) in [6, 6.07) is 5.80. The van der Waals surface area contributed by atoms with Crippen molar-refractivity contribution in [2.75, 3.05) is 27.2 Å². The molecule has 0 radical (unpaired) electrons. The van der Waals surface area contributed by atoms with Gasteiger partial charge in [0, 0.05) is 31.2 Å². The fourth-order valence-corrected chi connectivity index (χ4v) is 1.86. The predicted molar refractivity (Wildman–Crippen MR) is 77.0 cm³/mol. The molecule has 0 aliphatic carbocycles. The Bertz CT molecular complexity index is 384. The van der Waals surface area contributed by atoms with Crippen molar-refractivity contribution in [2.45, 2.75) is 32.9 Å². The molecule has 0 amide bonds. The van der Waals surface area contributed by atoms with E-state index in [4.69, 9.17) is 4.74 Å². The van der Waals surface area contributed by atoms with Crippen LogP contribution in [-0.4, -0.2) is 38.2 Å². The molecule has 0 saturated heterocycles. The zero-order valence-corrected chi connectivity index (χ0v) is 12.4. The molecule has 0 aromatic heterocycles. The lowest BCUT2D eigenvalue weighted by atomic mass is 10.2. The van der Waals surface area contributed by atoms with Gasteiger partial charge in [-0.1, -0.05) is 19.1 Å². The van der Waals surface area contributed by atoms with Crippen LogP contribution >= 0.6 is 0 Å². The molecule has 4 heteroatoms. The summed E-state index contributed by atoms with van der Waals surface area (Å²) in [5.41, 5.74) is 0.644. The summed E-state index contributed by atoms with van der Waals surface area (Å²) in [4.78, 5) is 2.30. The lowest BCUT2D eigenvalue weighted by Crippen LogP contribution is -2.34. The molecule has 0 saturated carbocycles. The quantitative estimate of drug-likeness (QED) is 0.734. The van der Waals surface area contributed by atoms with Crippen molar-refractivity contribution in [3.63, 3.8) is 0 Å². The largest absolute Gasteiger partial charge is 0.494 e. The maximum Gasteiger partial charge on any atom is 0.169 e. The van der Waals surface area contributed by atoms with Crippen LogP contribution in [-0.2, 0) is 6.54 Å². The summed E-state index contributed by atoms with van der Waals surface area (Å²) in [6.07, 6.45) is 1.14. The third kappa shape index (κ3) is 4.80. The fourth-order valence-electron chi connectivity index (χ4n) is 1.86. The van der Waals surface area contributed by atoms with E-state index in [1.807, 2.05) is 6.07 Å². The highest BCUT2D eigenvalue weighted by Crippen LogP contribution is 2.19. The second kappa shape index (κ2) is 8.12. The number of rotatable bonds is 8. The zero-order valence-electron chi connectivity index (χ0n) is 12.4. The number of ether oxygens (including phenoxy) is 1. The maximum absolute atomic E-state index is 13.9. The highest BCUT2D eigenvalue weighted by molar-refractivity contribution is 5.30. The van der Waals surface area contributed by atoms with E-state index >= 15 is 0 Å². The number of hydrogen-bond acceptors (Lipinski definition) is 3. The molecule has 0 aliphatic rings. The third-order valence-electron chi connectivity index (χ3n) is 3.56. The molecular weight excluding hydrogens is 243 g/mol. The second-order valence-electron chi connectivity index (χ2n) is 4.85. The first-order chi connectivity index (χ1) is 9.10. The molecule has 0 spiro atoms. The number of halogens is 1. The van der Waals surface area contributed by atoms with Gasteiger partial charge < -0.3 is 15.0 Å². The van der Waals surface area contributed by atoms with Crippen molar-refractivity contribution < 1.29 is 9.13 Å². The molecule has 3 nitrogen and oxygen atoms in total. The Morgan fingerprint density at radius 1 is 1.42 bits per heavy atom. The lowest BCUT2D eigenvalue weighted by Gasteiger charge is -2.23. The van der Waals surface area contributed by atoms with Gasteiger partial charge in [0.05, 0.1) is 7.11 Å². The van der Waals surface area contributed by atoms with Gasteiger partial charge in [0.1, 0.15) is 0 Å². The molecule has 1 atom stereocenters.